The molecular weight excluding hydrogens is 258 g/mol. The van der Waals surface area contributed by atoms with E-state index in [0.717, 1.165) is 27.9 Å². The molecular formula is C18H17N3. The molecule has 0 spiro atoms. The molecule has 1 saturated carbocycles. The average molecular weight is 275 g/mol. The molecule has 2 aromatic carbocycles. The number of fused-ring (bicyclic) bond motifs is 1. The minimum atomic E-state index is 0.487. The molecule has 3 heteroatoms. The van der Waals surface area contributed by atoms with Gasteiger partial charge in [-0.2, -0.15) is 0 Å². The van der Waals surface area contributed by atoms with Crippen molar-refractivity contribution in [1.82, 2.24) is 10.2 Å². The zero-order chi connectivity index (χ0) is 14.2. The Labute approximate surface area is 123 Å². The Hall–Kier alpha value is -2.42. The van der Waals surface area contributed by atoms with Crippen molar-refractivity contribution in [1.29, 1.82) is 0 Å². The zero-order valence-corrected chi connectivity index (χ0v) is 11.8. The highest BCUT2D eigenvalue weighted by atomic mass is 15.1. The van der Waals surface area contributed by atoms with Gasteiger partial charge in [-0.15, -0.1) is 10.2 Å². The normalized spacial score (nSPS) is 15.0. The zero-order valence-electron chi connectivity index (χ0n) is 11.8. The van der Waals surface area contributed by atoms with Gasteiger partial charge in [-0.05, 0) is 24.3 Å². The first-order valence-corrected chi connectivity index (χ1v) is 7.44. The summed E-state index contributed by atoms with van der Waals surface area (Å²) in [5.41, 5.74) is 9.36. The van der Waals surface area contributed by atoms with Crippen LogP contribution in [-0.4, -0.2) is 10.2 Å². The first-order chi connectivity index (χ1) is 10.3. The van der Waals surface area contributed by atoms with Gasteiger partial charge in [-0.3, -0.25) is 0 Å². The van der Waals surface area contributed by atoms with Gasteiger partial charge in [0.05, 0.1) is 0 Å². The fraction of sp³-hybridized carbons (Fsp3) is 0.222. The van der Waals surface area contributed by atoms with Crippen LogP contribution in [0.15, 0.2) is 48.5 Å². The molecule has 0 radical (unpaired) electrons. The summed E-state index contributed by atoms with van der Waals surface area (Å²) >= 11 is 0. The second-order valence-electron chi connectivity index (χ2n) is 5.73. The van der Waals surface area contributed by atoms with Crippen molar-refractivity contribution >= 4 is 16.6 Å². The summed E-state index contributed by atoms with van der Waals surface area (Å²) in [6.45, 7) is 0. The van der Waals surface area contributed by atoms with Crippen LogP contribution in [0.1, 0.15) is 30.7 Å². The lowest BCUT2D eigenvalue weighted by Gasteiger charge is -2.25. The Morgan fingerprint density at radius 1 is 0.857 bits per heavy atom. The number of aromatic nitrogens is 2. The lowest BCUT2D eigenvalue weighted by molar-refractivity contribution is 0.420. The standard InChI is InChI=1S/C18H17N3/c19-18-16-7-2-1-6-15(16)17(20-21-18)14-10-8-13(9-11-14)12-4-3-5-12/h1-2,6-12H,3-5H2,(H2,19,21). The highest BCUT2D eigenvalue weighted by Gasteiger charge is 2.19. The highest BCUT2D eigenvalue weighted by molar-refractivity contribution is 5.99. The summed E-state index contributed by atoms with van der Waals surface area (Å²) in [7, 11) is 0. The summed E-state index contributed by atoms with van der Waals surface area (Å²) in [5.74, 6) is 1.24. The summed E-state index contributed by atoms with van der Waals surface area (Å²) in [6.07, 6.45) is 4.01. The number of nitrogen functional groups attached to an aromatic ring is 1. The lowest BCUT2D eigenvalue weighted by atomic mass is 9.80. The summed E-state index contributed by atoms with van der Waals surface area (Å²) < 4.78 is 0. The minimum Gasteiger partial charge on any atom is -0.382 e. The third kappa shape index (κ3) is 2.05. The van der Waals surface area contributed by atoms with Crippen molar-refractivity contribution < 1.29 is 0 Å². The minimum absolute atomic E-state index is 0.487. The Bertz CT molecular complexity index is 789. The van der Waals surface area contributed by atoms with Crippen molar-refractivity contribution in [3.63, 3.8) is 0 Å². The fourth-order valence-electron chi connectivity index (χ4n) is 2.99. The van der Waals surface area contributed by atoms with Gasteiger partial charge in [0.25, 0.3) is 0 Å². The van der Waals surface area contributed by atoms with E-state index in [-0.39, 0.29) is 0 Å². The van der Waals surface area contributed by atoms with Crippen LogP contribution in [-0.2, 0) is 0 Å². The van der Waals surface area contributed by atoms with Gasteiger partial charge in [-0.1, -0.05) is 55.0 Å². The number of hydrogen-bond donors (Lipinski definition) is 1. The number of nitrogens with zero attached hydrogens (tertiary/aromatic N) is 2. The number of nitrogens with two attached hydrogens (primary N) is 1. The molecule has 1 aromatic heterocycles. The molecule has 3 nitrogen and oxygen atoms in total. The maximum Gasteiger partial charge on any atom is 0.154 e. The van der Waals surface area contributed by atoms with Gasteiger partial charge in [-0.25, -0.2) is 0 Å². The fourth-order valence-corrected chi connectivity index (χ4v) is 2.99. The van der Waals surface area contributed by atoms with Crippen LogP contribution >= 0.6 is 0 Å². The number of rotatable bonds is 2. The van der Waals surface area contributed by atoms with Gasteiger partial charge in [0.15, 0.2) is 5.82 Å². The molecule has 1 aliphatic carbocycles. The topological polar surface area (TPSA) is 51.8 Å². The van der Waals surface area contributed by atoms with Crippen LogP contribution in [0.4, 0.5) is 5.82 Å². The second kappa shape index (κ2) is 4.85. The van der Waals surface area contributed by atoms with E-state index < -0.39 is 0 Å². The quantitative estimate of drug-likeness (QED) is 0.764. The predicted octanol–water partition coefficient (Wildman–Crippen LogP) is 4.15. The number of hydrogen-bond acceptors (Lipinski definition) is 3. The number of anilines is 1. The maximum absolute atomic E-state index is 5.92. The summed E-state index contributed by atoms with van der Waals surface area (Å²) in [6, 6.07) is 16.8. The third-order valence-corrected chi connectivity index (χ3v) is 4.48. The van der Waals surface area contributed by atoms with Crippen LogP contribution in [0.25, 0.3) is 22.0 Å². The SMILES string of the molecule is Nc1nnc(-c2ccc(C3CCC3)cc2)c2ccccc12. The molecule has 0 saturated heterocycles. The van der Waals surface area contributed by atoms with Crippen LogP contribution in [0.2, 0.25) is 0 Å². The Balaban J connectivity index is 1.81. The van der Waals surface area contributed by atoms with E-state index in [1.807, 2.05) is 18.2 Å². The monoisotopic (exact) mass is 275 g/mol. The predicted molar refractivity (Wildman–Crippen MR) is 86.0 cm³/mol. The second-order valence-corrected chi connectivity index (χ2v) is 5.73. The Kier molecular flexibility index (Phi) is 2.85. The largest absolute Gasteiger partial charge is 0.382 e. The summed E-state index contributed by atoms with van der Waals surface area (Å²) in [5, 5.41) is 10.4. The van der Waals surface area contributed by atoms with Crippen LogP contribution < -0.4 is 5.73 Å². The third-order valence-electron chi connectivity index (χ3n) is 4.48. The molecule has 2 N–H and O–H groups in total. The van der Waals surface area contributed by atoms with Crippen molar-refractivity contribution in [2.45, 2.75) is 25.2 Å². The molecule has 0 atom stereocenters. The Morgan fingerprint density at radius 3 is 2.24 bits per heavy atom. The molecule has 104 valence electrons. The molecule has 0 amide bonds. The average Bonchev–Trinajstić information content (AvgIpc) is 2.47. The van der Waals surface area contributed by atoms with E-state index in [4.69, 9.17) is 5.73 Å². The van der Waals surface area contributed by atoms with E-state index in [0.29, 0.717) is 5.82 Å². The van der Waals surface area contributed by atoms with Crippen molar-refractivity contribution in [3.05, 3.63) is 54.1 Å². The molecule has 4 rings (SSSR count). The van der Waals surface area contributed by atoms with Gasteiger partial charge in [0, 0.05) is 16.3 Å². The van der Waals surface area contributed by atoms with Crippen molar-refractivity contribution in [2.24, 2.45) is 0 Å². The summed E-state index contributed by atoms with van der Waals surface area (Å²) in [4.78, 5) is 0. The molecule has 1 fully saturated rings. The molecule has 0 unspecified atom stereocenters. The molecule has 1 heterocycles. The van der Waals surface area contributed by atoms with E-state index in [1.165, 1.54) is 24.8 Å². The highest BCUT2D eigenvalue weighted by Crippen LogP contribution is 2.37. The molecule has 1 aliphatic rings. The maximum atomic E-state index is 5.92. The van der Waals surface area contributed by atoms with Crippen LogP contribution in [0, 0.1) is 0 Å². The smallest absolute Gasteiger partial charge is 0.154 e. The van der Waals surface area contributed by atoms with Gasteiger partial charge in [0.2, 0.25) is 0 Å². The van der Waals surface area contributed by atoms with Gasteiger partial charge in [0.1, 0.15) is 5.69 Å². The van der Waals surface area contributed by atoms with E-state index in [2.05, 4.69) is 40.5 Å². The van der Waals surface area contributed by atoms with Gasteiger partial charge < -0.3 is 5.73 Å². The van der Waals surface area contributed by atoms with Crippen LogP contribution in [0.5, 0.6) is 0 Å². The van der Waals surface area contributed by atoms with E-state index >= 15 is 0 Å². The molecule has 0 bridgehead atoms. The van der Waals surface area contributed by atoms with E-state index in [1.54, 1.807) is 0 Å². The lowest BCUT2D eigenvalue weighted by Crippen LogP contribution is -2.08. The molecule has 21 heavy (non-hydrogen) atoms. The first-order valence-electron chi connectivity index (χ1n) is 7.44. The number of benzene rings is 2. The molecule has 3 aromatic rings. The molecule has 0 aliphatic heterocycles. The van der Waals surface area contributed by atoms with Gasteiger partial charge >= 0.3 is 0 Å². The van der Waals surface area contributed by atoms with Crippen LogP contribution in [0.3, 0.4) is 0 Å². The Morgan fingerprint density at radius 2 is 1.57 bits per heavy atom. The van der Waals surface area contributed by atoms with Crippen molar-refractivity contribution in [3.8, 4) is 11.3 Å². The van der Waals surface area contributed by atoms with E-state index in [9.17, 15) is 0 Å². The van der Waals surface area contributed by atoms with Crippen molar-refractivity contribution in [2.75, 3.05) is 5.73 Å². The first kappa shape index (κ1) is 12.3.